The van der Waals surface area contributed by atoms with Gasteiger partial charge in [0.2, 0.25) is 0 Å². The summed E-state index contributed by atoms with van der Waals surface area (Å²) in [5, 5.41) is 5.79. The minimum Gasteiger partial charge on any atom is -0.459 e. The highest BCUT2D eigenvalue weighted by Crippen LogP contribution is 2.44. The highest BCUT2D eigenvalue weighted by atomic mass is 16.6. The molecular weight excluding hydrogens is 380 g/mol. The van der Waals surface area contributed by atoms with Gasteiger partial charge >= 0.3 is 12.1 Å². The summed E-state index contributed by atoms with van der Waals surface area (Å²) in [5.74, 6) is -0.292. The molecule has 0 spiro atoms. The molecule has 0 aromatic heterocycles. The molecule has 0 saturated carbocycles. The molecule has 0 unspecified atom stereocenters. The lowest BCUT2D eigenvalue weighted by molar-refractivity contribution is -0.153. The number of rotatable bonds is 7. The molecule has 6 nitrogen and oxygen atoms in total. The molecule has 1 atom stereocenters. The van der Waals surface area contributed by atoms with Gasteiger partial charge in [0.25, 0.3) is 0 Å². The third kappa shape index (κ3) is 5.60. The number of alkyl carbamates (subject to hydrolysis) is 1. The third-order valence-corrected chi connectivity index (χ3v) is 4.85. The van der Waals surface area contributed by atoms with Crippen LogP contribution in [-0.4, -0.2) is 43.4 Å². The first-order valence-corrected chi connectivity index (χ1v) is 10.3. The smallest absolute Gasteiger partial charge is 0.407 e. The molecule has 0 heterocycles. The van der Waals surface area contributed by atoms with E-state index >= 15 is 0 Å². The summed E-state index contributed by atoms with van der Waals surface area (Å²) in [6, 6.07) is 16.3. The summed E-state index contributed by atoms with van der Waals surface area (Å²) >= 11 is 0. The number of amides is 1. The van der Waals surface area contributed by atoms with Crippen molar-refractivity contribution in [1.29, 1.82) is 0 Å². The van der Waals surface area contributed by atoms with Gasteiger partial charge < -0.3 is 20.1 Å². The maximum absolute atomic E-state index is 12.3. The van der Waals surface area contributed by atoms with Crippen LogP contribution in [-0.2, 0) is 14.3 Å². The number of carbonyl (C=O) groups is 2. The van der Waals surface area contributed by atoms with Crippen molar-refractivity contribution >= 4 is 12.1 Å². The van der Waals surface area contributed by atoms with Gasteiger partial charge in [-0.2, -0.15) is 0 Å². The first-order valence-electron chi connectivity index (χ1n) is 10.3. The Bertz CT molecular complexity index is 859. The predicted octanol–water partition coefficient (Wildman–Crippen LogP) is 3.84. The van der Waals surface area contributed by atoms with Crippen LogP contribution in [0.25, 0.3) is 11.1 Å². The monoisotopic (exact) mass is 410 g/mol. The molecule has 2 aromatic carbocycles. The quantitative estimate of drug-likeness (QED) is 0.678. The van der Waals surface area contributed by atoms with Crippen LogP contribution in [0.15, 0.2) is 48.5 Å². The number of benzene rings is 2. The predicted molar refractivity (Wildman–Crippen MR) is 116 cm³/mol. The van der Waals surface area contributed by atoms with E-state index in [9.17, 15) is 9.59 Å². The van der Waals surface area contributed by atoms with Crippen LogP contribution >= 0.6 is 0 Å². The normalized spacial score (nSPS) is 13.9. The number of esters is 1. The van der Waals surface area contributed by atoms with Gasteiger partial charge in [-0.3, -0.25) is 4.79 Å². The lowest BCUT2D eigenvalue weighted by atomic mass is 9.98. The number of hydrogen-bond acceptors (Lipinski definition) is 5. The van der Waals surface area contributed by atoms with E-state index in [2.05, 4.69) is 34.9 Å². The molecule has 2 N–H and O–H groups in total. The van der Waals surface area contributed by atoms with Crippen molar-refractivity contribution in [3.05, 3.63) is 59.7 Å². The summed E-state index contributed by atoms with van der Waals surface area (Å²) in [5.41, 5.74) is 4.24. The van der Waals surface area contributed by atoms with Crippen LogP contribution in [0.1, 0.15) is 44.7 Å². The Morgan fingerprint density at radius 2 is 1.57 bits per heavy atom. The second-order valence-corrected chi connectivity index (χ2v) is 8.59. The molecule has 2 aromatic rings. The van der Waals surface area contributed by atoms with Crippen LogP contribution in [0, 0.1) is 0 Å². The number of carbonyl (C=O) groups excluding carboxylic acids is 2. The molecule has 30 heavy (non-hydrogen) atoms. The maximum Gasteiger partial charge on any atom is 0.407 e. The lowest BCUT2D eigenvalue weighted by Crippen LogP contribution is -2.42. The Labute approximate surface area is 178 Å². The topological polar surface area (TPSA) is 76.7 Å². The zero-order valence-corrected chi connectivity index (χ0v) is 18.0. The molecule has 1 amide bonds. The van der Waals surface area contributed by atoms with Gasteiger partial charge in [-0.1, -0.05) is 48.5 Å². The number of nitrogens with one attached hydrogen (secondary N) is 2. The van der Waals surface area contributed by atoms with Crippen molar-refractivity contribution in [2.75, 3.05) is 19.7 Å². The van der Waals surface area contributed by atoms with E-state index in [4.69, 9.17) is 9.47 Å². The Morgan fingerprint density at radius 3 is 2.13 bits per heavy atom. The summed E-state index contributed by atoms with van der Waals surface area (Å²) in [6.45, 7) is 8.13. The molecular formula is C24H30N2O4. The van der Waals surface area contributed by atoms with Gasteiger partial charge in [-0.05, 0) is 49.9 Å². The Morgan fingerprint density at radius 1 is 1.00 bits per heavy atom. The number of fused-ring (bicyclic) bond motifs is 3. The van der Waals surface area contributed by atoms with Gasteiger partial charge in [-0.15, -0.1) is 0 Å². The van der Waals surface area contributed by atoms with Crippen molar-refractivity contribution in [2.45, 2.75) is 45.3 Å². The fraction of sp³-hybridized carbons (Fsp3) is 0.417. The largest absolute Gasteiger partial charge is 0.459 e. The molecule has 1 aliphatic carbocycles. The molecule has 160 valence electrons. The van der Waals surface area contributed by atoms with E-state index in [0.29, 0.717) is 6.54 Å². The maximum atomic E-state index is 12.3. The average molecular weight is 411 g/mol. The van der Waals surface area contributed by atoms with Gasteiger partial charge in [-0.25, -0.2) is 4.79 Å². The number of ether oxygens (including phenoxy) is 2. The van der Waals surface area contributed by atoms with E-state index in [1.807, 2.05) is 52.0 Å². The fourth-order valence-electron chi connectivity index (χ4n) is 3.66. The van der Waals surface area contributed by atoms with Crippen LogP contribution < -0.4 is 10.6 Å². The molecule has 0 saturated heterocycles. The standard InChI is InChI=1S/C24H30N2O4/c1-16(13-25-14-22(27)30-24(2,3)4)26-23(28)29-15-21-19-11-7-5-9-17(19)18-10-6-8-12-20(18)21/h5-12,16,21,25H,13-15H2,1-4H3,(H,26,28)/t16-/m0/s1. The van der Waals surface area contributed by atoms with Gasteiger partial charge in [0.1, 0.15) is 12.2 Å². The highest BCUT2D eigenvalue weighted by molar-refractivity contribution is 5.79. The Hall–Kier alpha value is -2.86. The number of hydrogen-bond donors (Lipinski definition) is 2. The molecule has 0 fully saturated rings. The van der Waals surface area contributed by atoms with E-state index < -0.39 is 11.7 Å². The van der Waals surface area contributed by atoms with Crippen molar-refractivity contribution < 1.29 is 19.1 Å². The van der Waals surface area contributed by atoms with Crippen molar-refractivity contribution in [3.63, 3.8) is 0 Å². The second kappa shape index (κ2) is 9.30. The van der Waals surface area contributed by atoms with Crippen LogP contribution in [0.4, 0.5) is 4.79 Å². The average Bonchev–Trinajstić information content (AvgIpc) is 2.99. The minimum absolute atomic E-state index is 0.0312. The van der Waals surface area contributed by atoms with E-state index in [0.717, 1.165) is 0 Å². The van der Waals surface area contributed by atoms with E-state index in [1.165, 1.54) is 22.3 Å². The minimum atomic E-state index is -0.510. The first-order chi connectivity index (χ1) is 14.2. The summed E-state index contributed by atoms with van der Waals surface area (Å²) in [6.07, 6.45) is -0.469. The van der Waals surface area contributed by atoms with Gasteiger partial charge in [0, 0.05) is 18.5 Å². The first kappa shape index (κ1) is 21.8. The highest BCUT2D eigenvalue weighted by Gasteiger charge is 2.29. The summed E-state index contributed by atoms with van der Waals surface area (Å²) in [7, 11) is 0. The zero-order valence-electron chi connectivity index (χ0n) is 18.0. The zero-order chi connectivity index (χ0) is 21.7. The van der Waals surface area contributed by atoms with E-state index in [-0.39, 0.29) is 31.1 Å². The second-order valence-electron chi connectivity index (χ2n) is 8.59. The molecule has 1 aliphatic rings. The Kier molecular flexibility index (Phi) is 6.77. The van der Waals surface area contributed by atoms with Crippen molar-refractivity contribution in [1.82, 2.24) is 10.6 Å². The van der Waals surface area contributed by atoms with Crippen LogP contribution in [0.2, 0.25) is 0 Å². The summed E-state index contributed by atoms with van der Waals surface area (Å²) < 4.78 is 10.8. The molecule has 0 aliphatic heterocycles. The molecule has 0 bridgehead atoms. The Balaban J connectivity index is 1.46. The fourth-order valence-corrected chi connectivity index (χ4v) is 3.66. The molecule has 0 radical (unpaired) electrons. The summed E-state index contributed by atoms with van der Waals surface area (Å²) in [4.78, 5) is 24.0. The van der Waals surface area contributed by atoms with Crippen molar-refractivity contribution in [2.24, 2.45) is 0 Å². The SMILES string of the molecule is C[C@@H](CNCC(=O)OC(C)(C)C)NC(=O)OCC1c2ccccc2-c2ccccc21. The third-order valence-electron chi connectivity index (χ3n) is 4.85. The molecule has 6 heteroatoms. The lowest BCUT2D eigenvalue weighted by Gasteiger charge is -2.20. The van der Waals surface area contributed by atoms with Crippen LogP contribution in [0.3, 0.4) is 0 Å². The van der Waals surface area contributed by atoms with Crippen LogP contribution in [0.5, 0.6) is 0 Å². The molecule has 3 rings (SSSR count). The van der Waals surface area contributed by atoms with E-state index in [1.54, 1.807) is 0 Å². The van der Waals surface area contributed by atoms with Gasteiger partial charge in [0.15, 0.2) is 0 Å². The van der Waals surface area contributed by atoms with Gasteiger partial charge in [0.05, 0.1) is 6.54 Å². The van der Waals surface area contributed by atoms with Crippen molar-refractivity contribution in [3.8, 4) is 11.1 Å².